The third-order valence-corrected chi connectivity index (χ3v) is 8.12. The Kier molecular flexibility index (Phi) is 4.05. The van der Waals surface area contributed by atoms with E-state index < -0.39 is 0 Å². The molecule has 0 unspecified atom stereocenters. The van der Waals surface area contributed by atoms with Gasteiger partial charge in [0.2, 0.25) is 11.8 Å². The summed E-state index contributed by atoms with van der Waals surface area (Å²) in [6.07, 6.45) is 11.2. The second-order valence-electron chi connectivity index (χ2n) is 9.59. The zero-order chi connectivity index (χ0) is 17.0. The molecule has 6 rings (SSSR count). The Hall–Kier alpha value is -1.06. The number of carbonyl (C=O) groups is 2. The van der Waals surface area contributed by atoms with E-state index in [4.69, 9.17) is 0 Å². The highest BCUT2D eigenvalue weighted by Gasteiger charge is 2.51. The van der Waals surface area contributed by atoms with E-state index in [1.54, 1.807) is 0 Å². The Labute approximate surface area is 151 Å². The largest absolute Gasteiger partial charge is 0.339 e. The number of hydrogen-bond acceptors (Lipinski definition) is 2. The fourth-order valence-corrected chi connectivity index (χ4v) is 7.12. The molecule has 0 N–H and O–H groups in total. The van der Waals surface area contributed by atoms with Gasteiger partial charge < -0.3 is 9.80 Å². The van der Waals surface area contributed by atoms with Gasteiger partial charge in [-0.2, -0.15) is 0 Å². The molecule has 0 radical (unpaired) electrons. The van der Waals surface area contributed by atoms with E-state index in [2.05, 4.69) is 4.90 Å². The monoisotopic (exact) mass is 344 g/mol. The van der Waals surface area contributed by atoms with Gasteiger partial charge in [0.1, 0.15) is 0 Å². The molecule has 4 bridgehead atoms. The van der Waals surface area contributed by atoms with Crippen LogP contribution in [0.5, 0.6) is 0 Å². The fourth-order valence-electron chi connectivity index (χ4n) is 7.12. The molecule has 1 saturated heterocycles. The Morgan fingerprint density at radius 2 is 1.12 bits per heavy atom. The molecule has 4 heteroatoms. The van der Waals surface area contributed by atoms with Crippen molar-refractivity contribution >= 4 is 11.8 Å². The number of piperazine rings is 1. The number of nitrogens with zero attached hydrogens (tertiary/aromatic N) is 2. The van der Waals surface area contributed by atoms with Crippen molar-refractivity contribution in [1.82, 2.24) is 9.80 Å². The van der Waals surface area contributed by atoms with Crippen LogP contribution in [-0.2, 0) is 9.59 Å². The molecule has 0 aromatic carbocycles. The predicted molar refractivity (Wildman–Crippen MR) is 95.7 cm³/mol. The molecule has 6 aliphatic rings. The van der Waals surface area contributed by atoms with Gasteiger partial charge >= 0.3 is 0 Å². The second kappa shape index (κ2) is 6.28. The van der Waals surface area contributed by atoms with Crippen molar-refractivity contribution in [1.29, 1.82) is 0 Å². The van der Waals surface area contributed by atoms with E-state index >= 15 is 0 Å². The lowest BCUT2D eigenvalue weighted by Gasteiger charge is -2.54. The summed E-state index contributed by atoms with van der Waals surface area (Å²) in [5, 5.41) is 0. The van der Waals surface area contributed by atoms with Gasteiger partial charge in [0.15, 0.2) is 0 Å². The van der Waals surface area contributed by atoms with Crippen molar-refractivity contribution < 1.29 is 9.59 Å². The average molecular weight is 344 g/mol. The summed E-state index contributed by atoms with van der Waals surface area (Å²) in [6.45, 7) is 3.04. The van der Waals surface area contributed by atoms with E-state index in [0.717, 1.165) is 50.9 Å². The molecule has 4 nitrogen and oxygen atoms in total. The first-order valence-electron chi connectivity index (χ1n) is 10.8. The average Bonchev–Trinajstić information content (AvgIpc) is 3.15. The SMILES string of the molecule is O=C(C1CCCC1)N1CCN(C(=O)C2C3CC4CC(C3)CC2C4)CC1. The van der Waals surface area contributed by atoms with Crippen LogP contribution >= 0.6 is 0 Å². The molecule has 25 heavy (non-hydrogen) atoms. The summed E-state index contributed by atoms with van der Waals surface area (Å²) < 4.78 is 0. The van der Waals surface area contributed by atoms with Crippen molar-refractivity contribution in [3.05, 3.63) is 0 Å². The molecule has 1 aliphatic heterocycles. The van der Waals surface area contributed by atoms with Crippen LogP contribution < -0.4 is 0 Å². The van der Waals surface area contributed by atoms with E-state index in [0.29, 0.717) is 29.6 Å². The Balaban J connectivity index is 1.19. The molecule has 0 aromatic rings. The highest BCUT2D eigenvalue weighted by molar-refractivity contribution is 5.81. The maximum absolute atomic E-state index is 13.2. The number of hydrogen-bond donors (Lipinski definition) is 0. The van der Waals surface area contributed by atoms with Gasteiger partial charge in [-0.3, -0.25) is 9.59 Å². The highest BCUT2D eigenvalue weighted by atomic mass is 16.2. The zero-order valence-electron chi connectivity index (χ0n) is 15.4. The van der Waals surface area contributed by atoms with Crippen LogP contribution in [0.2, 0.25) is 0 Å². The first-order valence-corrected chi connectivity index (χ1v) is 10.8. The van der Waals surface area contributed by atoms with Crippen molar-refractivity contribution in [2.24, 2.45) is 35.5 Å². The van der Waals surface area contributed by atoms with Crippen molar-refractivity contribution in [2.75, 3.05) is 26.2 Å². The third kappa shape index (κ3) is 2.80. The Morgan fingerprint density at radius 3 is 1.64 bits per heavy atom. The first kappa shape index (κ1) is 16.1. The van der Waals surface area contributed by atoms with Gasteiger partial charge in [0.05, 0.1) is 0 Å². The van der Waals surface area contributed by atoms with Crippen LogP contribution in [0.4, 0.5) is 0 Å². The smallest absolute Gasteiger partial charge is 0.226 e. The van der Waals surface area contributed by atoms with Gasteiger partial charge in [0, 0.05) is 38.0 Å². The Morgan fingerprint density at radius 1 is 0.640 bits per heavy atom. The van der Waals surface area contributed by atoms with Crippen LogP contribution in [0.25, 0.3) is 0 Å². The van der Waals surface area contributed by atoms with Crippen molar-refractivity contribution in [3.8, 4) is 0 Å². The minimum atomic E-state index is 0.270. The molecule has 1 heterocycles. The summed E-state index contributed by atoms with van der Waals surface area (Å²) in [5.74, 6) is 4.56. The van der Waals surface area contributed by atoms with Crippen LogP contribution in [-0.4, -0.2) is 47.8 Å². The highest BCUT2D eigenvalue weighted by Crippen LogP contribution is 2.56. The van der Waals surface area contributed by atoms with Gasteiger partial charge in [0.25, 0.3) is 0 Å². The molecule has 0 spiro atoms. The lowest BCUT2D eigenvalue weighted by Crippen LogP contribution is -2.57. The summed E-state index contributed by atoms with van der Waals surface area (Å²) in [6, 6.07) is 0. The fraction of sp³-hybridized carbons (Fsp3) is 0.905. The van der Waals surface area contributed by atoms with E-state index in [1.807, 2.05) is 4.90 Å². The summed E-state index contributed by atoms with van der Waals surface area (Å²) in [7, 11) is 0. The summed E-state index contributed by atoms with van der Waals surface area (Å²) >= 11 is 0. The molecule has 0 atom stereocenters. The van der Waals surface area contributed by atoms with Gasteiger partial charge in [-0.25, -0.2) is 0 Å². The standard InChI is InChI=1S/C21H32N2O2/c24-20(16-3-1-2-4-16)22-5-7-23(8-6-22)21(25)19-17-10-14-9-15(12-17)13-18(19)11-14/h14-19H,1-13H2. The van der Waals surface area contributed by atoms with E-state index in [1.165, 1.54) is 44.9 Å². The molecule has 2 amide bonds. The van der Waals surface area contributed by atoms with Gasteiger partial charge in [-0.05, 0) is 68.6 Å². The molecular weight excluding hydrogens is 312 g/mol. The molecule has 0 aromatic heterocycles. The minimum absolute atomic E-state index is 0.270. The molecule has 5 aliphatic carbocycles. The number of rotatable bonds is 2. The predicted octanol–water partition coefficient (Wildman–Crippen LogP) is 2.92. The van der Waals surface area contributed by atoms with Gasteiger partial charge in [-0.1, -0.05) is 12.8 Å². The zero-order valence-corrected chi connectivity index (χ0v) is 15.4. The van der Waals surface area contributed by atoms with Crippen LogP contribution in [0.1, 0.15) is 57.8 Å². The summed E-state index contributed by atoms with van der Waals surface area (Å²) in [5.41, 5.74) is 0. The van der Waals surface area contributed by atoms with E-state index in [-0.39, 0.29) is 5.92 Å². The molecule has 138 valence electrons. The van der Waals surface area contributed by atoms with Gasteiger partial charge in [-0.15, -0.1) is 0 Å². The lowest BCUT2D eigenvalue weighted by molar-refractivity contribution is -0.153. The minimum Gasteiger partial charge on any atom is -0.339 e. The van der Waals surface area contributed by atoms with Crippen LogP contribution in [0.15, 0.2) is 0 Å². The summed E-state index contributed by atoms with van der Waals surface area (Å²) in [4.78, 5) is 30.0. The first-order chi connectivity index (χ1) is 12.2. The number of carbonyl (C=O) groups excluding carboxylic acids is 2. The maximum Gasteiger partial charge on any atom is 0.226 e. The number of amides is 2. The lowest BCUT2D eigenvalue weighted by atomic mass is 9.51. The van der Waals surface area contributed by atoms with Crippen molar-refractivity contribution in [2.45, 2.75) is 57.8 Å². The van der Waals surface area contributed by atoms with Crippen LogP contribution in [0, 0.1) is 35.5 Å². The van der Waals surface area contributed by atoms with Crippen LogP contribution in [0.3, 0.4) is 0 Å². The Bertz CT molecular complexity index is 518. The molecular formula is C21H32N2O2. The molecule has 5 saturated carbocycles. The normalized spacial score (nSPS) is 40.7. The topological polar surface area (TPSA) is 40.6 Å². The third-order valence-electron chi connectivity index (χ3n) is 8.12. The van der Waals surface area contributed by atoms with Crippen molar-refractivity contribution in [3.63, 3.8) is 0 Å². The van der Waals surface area contributed by atoms with E-state index in [9.17, 15) is 9.59 Å². The molecule has 6 fully saturated rings. The second-order valence-corrected chi connectivity index (χ2v) is 9.59. The maximum atomic E-state index is 13.2. The quantitative estimate of drug-likeness (QED) is 0.773.